The van der Waals surface area contributed by atoms with Gasteiger partial charge in [-0.05, 0) is 32.6 Å². The van der Waals surface area contributed by atoms with Gasteiger partial charge in [0.25, 0.3) is 0 Å². The van der Waals surface area contributed by atoms with Gasteiger partial charge in [-0.15, -0.1) is 0 Å². The monoisotopic (exact) mass is 211 g/mol. The number of imide groups is 1. The molecule has 2 atom stereocenters. The van der Waals surface area contributed by atoms with E-state index in [9.17, 15) is 9.59 Å². The second kappa shape index (κ2) is 3.59. The Hall–Kier alpha value is -0.900. The zero-order chi connectivity index (χ0) is 11.1. The molecule has 2 fully saturated rings. The number of carbonyl (C=O) groups is 2. The summed E-state index contributed by atoms with van der Waals surface area (Å²) < 4.78 is 5.60. The van der Waals surface area contributed by atoms with Gasteiger partial charge in [0.2, 0.25) is 11.8 Å². The molecule has 2 amide bonds. The Labute approximate surface area is 89.4 Å². The molecule has 0 aliphatic carbocycles. The second-order valence-corrected chi connectivity index (χ2v) is 5.08. The summed E-state index contributed by atoms with van der Waals surface area (Å²) in [6.07, 6.45) is 2.10. The molecule has 0 aromatic rings. The molecule has 2 aliphatic heterocycles. The predicted octanol–water partition coefficient (Wildman–Crippen LogP) is 0.854. The quantitative estimate of drug-likeness (QED) is 0.654. The Morgan fingerprint density at radius 1 is 1.40 bits per heavy atom. The van der Waals surface area contributed by atoms with Gasteiger partial charge in [0.1, 0.15) is 0 Å². The first-order chi connectivity index (χ1) is 6.98. The minimum absolute atomic E-state index is 0.0947. The maximum atomic E-state index is 11.5. The first-order valence-electron chi connectivity index (χ1n) is 5.45. The summed E-state index contributed by atoms with van der Waals surface area (Å²) in [6.45, 7) is 4.76. The van der Waals surface area contributed by atoms with Crippen molar-refractivity contribution in [1.29, 1.82) is 0 Å². The SMILES string of the molecule is CC1(C)CC(C2CC(=O)NC2=O)CCO1. The van der Waals surface area contributed by atoms with Crippen LogP contribution in [0.15, 0.2) is 0 Å². The van der Waals surface area contributed by atoms with Crippen LogP contribution in [-0.4, -0.2) is 24.0 Å². The highest BCUT2D eigenvalue weighted by Crippen LogP contribution is 2.36. The Balaban J connectivity index is 2.04. The molecule has 0 spiro atoms. The molecule has 2 aliphatic rings. The first kappa shape index (κ1) is 10.6. The number of amides is 2. The summed E-state index contributed by atoms with van der Waals surface area (Å²) in [5.74, 6) is -0.0575. The Morgan fingerprint density at radius 2 is 2.13 bits per heavy atom. The molecule has 4 heteroatoms. The molecule has 2 rings (SSSR count). The molecular weight excluding hydrogens is 194 g/mol. The minimum atomic E-state index is -0.158. The van der Waals surface area contributed by atoms with E-state index in [-0.39, 0.29) is 23.3 Å². The topological polar surface area (TPSA) is 55.4 Å². The third-order valence-corrected chi connectivity index (χ3v) is 3.31. The van der Waals surface area contributed by atoms with Crippen molar-refractivity contribution in [1.82, 2.24) is 5.32 Å². The van der Waals surface area contributed by atoms with Gasteiger partial charge in [-0.3, -0.25) is 14.9 Å². The van der Waals surface area contributed by atoms with E-state index in [4.69, 9.17) is 4.74 Å². The molecule has 0 aromatic carbocycles. The molecule has 15 heavy (non-hydrogen) atoms. The molecule has 2 unspecified atom stereocenters. The standard InChI is InChI=1S/C11H17NO3/c1-11(2)6-7(3-4-15-11)8-5-9(13)12-10(8)14/h7-8H,3-6H2,1-2H3,(H,12,13,14). The van der Waals surface area contributed by atoms with Crippen molar-refractivity contribution in [2.24, 2.45) is 11.8 Å². The summed E-state index contributed by atoms with van der Waals surface area (Å²) >= 11 is 0. The molecule has 1 N–H and O–H groups in total. The fourth-order valence-electron chi connectivity index (χ4n) is 2.58. The average molecular weight is 211 g/mol. The van der Waals surface area contributed by atoms with E-state index in [2.05, 4.69) is 5.32 Å². The van der Waals surface area contributed by atoms with Crippen LogP contribution in [0.2, 0.25) is 0 Å². The summed E-state index contributed by atoms with van der Waals surface area (Å²) in [7, 11) is 0. The van der Waals surface area contributed by atoms with Crippen LogP contribution in [0, 0.1) is 11.8 Å². The van der Waals surface area contributed by atoms with E-state index < -0.39 is 0 Å². The second-order valence-electron chi connectivity index (χ2n) is 5.08. The normalized spacial score (nSPS) is 35.3. The van der Waals surface area contributed by atoms with Gasteiger partial charge in [-0.25, -0.2) is 0 Å². The van der Waals surface area contributed by atoms with Gasteiger partial charge >= 0.3 is 0 Å². The van der Waals surface area contributed by atoms with Crippen LogP contribution in [0.25, 0.3) is 0 Å². The lowest BCUT2D eigenvalue weighted by atomic mass is 9.79. The van der Waals surface area contributed by atoms with E-state index in [1.165, 1.54) is 0 Å². The Morgan fingerprint density at radius 3 is 2.67 bits per heavy atom. The van der Waals surface area contributed by atoms with Crippen LogP contribution in [-0.2, 0) is 14.3 Å². The van der Waals surface area contributed by atoms with Gasteiger partial charge in [-0.1, -0.05) is 0 Å². The maximum Gasteiger partial charge on any atom is 0.230 e. The zero-order valence-corrected chi connectivity index (χ0v) is 9.21. The summed E-state index contributed by atoms with van der Waals surface area (Å²) in [5, 5.41) is 2.37. The zero-order valence-electron chi connectivity index (χ0n) is 9.21. The molecule has 2 heterocycles. The van der Waals surface area contributed by atoms with Crippen LogP contribution in [0.1, 0.15) is 33.1 Å². The van der Waals surface area contributed by atoms with Crippen molar-refractivity contribution in [3.05, 3.63) is 0 Å². The lowest BCUT2D eigenvalue weighted by molar-refractivity contribution is -0.129. The van der Waals surface area contributed by atoms with E-state index in [1.54, 1.807) is 0 Å². The summed E-state index contributed by atoms with van der Waals surface area (Å²) in [4.78, 5) is 22.6. The highest BCUT2D eigenvalue weighted by molar-refractivity contribution is 6.03. The first-order valence-corrected chi connectivity index (χ1v) is 5.45. The van der Waals surface area contributed by atoms with Crippen molar-refractivity contribution in [2.45, 2.75) is 38.7 Å². The molecule has 0 saturated carbocycles. The number of carbonyl (C=O) groups excluding carboxylic acids is 2. The molecule has 84 valence electrons. The molecular formula is C11H17NO3. The van der Waals surface area contributed by atoms with E-state index in [0.29, 0.717) is 18.9 Å². The lowest BCUT2D eigenvalue weighted by Gasteiger charge is -2.37. The van der Waals surface area contributed by atoms with Gasteiger partial charge in [0.15, 0.2) is 0 Å². The molecule has 4 nitrogen and oxygen atoms in total. The fourth-order valence-corrected chi connectivity index (χ4v) is 2.58. The average Bonchev–Trinajstić information content (AvgIpc) is 2.43. The van der Waals surface area contributed by atoms with Crippen LogP contribution in [0.5, 0.6) is 0 Å². The highest BCUT2D eigenvalue weighted by atomic mass is 16.5. The fraction of sp³-hybridized carbons (Fsp3) is 0.818. The van der Waals surface area contributed by atoms with Crippen molar-refractivity contribution in [2.75, 3.05) is 6.61 Å². The van der Waals surface area contributed by atoms with Crippen molar-refractivity contribution < 1.29 is 14.3 Å². The van der Waals surface area contributed by atoms with E-state index in [1.807, 2.05) is 13.8 Å². The van der Waals surface area contributed by atoms with E-state index >= 15 is 0 Å². The number of hydrogen-bond donors (Lipinski definition) is 1. The van der Waals surface area contributed by atoms with Crippen LogP contribution in [0.4, 0.5) is 0 Å². The Kier molecular flexibility index (Phi) is 2.54. The largest absolute Gasteiger partial charge is 0.376 e. The molecule has 0 aromatic heterocycles. The van der Waals surface area contributed by atoms with Crippen LogP contribution in [0.3, 0.4) is 0 Å². The van der Waals surface area contributed by atoms with E-state index in [0.717, 1.165) is 12.8 Å². The minimum Gasteiger partial charge on any atom is -0.376 e. The number of rotatable bonds is 1. The van der Waals surface area contributed by atoms with Gasteiger partial charge in [-0.2, -0.15) is 0 Å². The maximum absolute atomic E-state index is 11.5. The van der Waals surface area contributed by atoms with Gasteiger partial charge in [0.05, 0.1) is 11.5 Å². The molecule has 2 saturated heterocycles. The number of nitrogens with one attached hydrogen (secondary N) is 1. The lowest BCUT2D eigenvalue weighted by Crippen LogP contribution is -2.38. The molecule has 0 bridgehead atoms. The third-order valence-electron chi connectivity index (χ3n) is 3.31. The summed E-state index contributed by atoms with van der Waals surface area (Å²) in [6, 6.07) is 0. The van der Waals surface area contributed by atoms with Crippen molar-refractivity contribution in [3.8, 4) is 0 Å². The van der Waals surface area contributed by atoms with Crippen molar-refractivity contribution >= 4 is 11.8 Å². The smallest absolute Gasteiger partial charge is 0.230 e. The third kappa shape index (κ3) is 2.20. The van der Waals surface area contributed by atoms with Gasteiger partial charge in [0, 0.05) is 13.0 Å². The van der Waals surface area contributed by atoms with Crippen LogP contribution < -0.4 is 5.32 Å². The number of ether oxygens (including phenoxy) is 1. The Bertz CT molecular complexity index is 298. The predicted molar refractivity (Wildman–Crippen MR) is 54.0 cm³/mol. The molecule has 0 radical (unpaired) electrons. The van der Waals surface area contributed by atoms with Gasteiger partial charge < -0.3 is 4.74 Å². The van der Waals surface area contributed by atoms with Crippen molar-refractivity contribution in [3.63, 3.8) is 0 Å². The van der Waals surface area contributed by atoms with Crippen LogP contribution >= 0.6 is 0 Å². The highest BCUT2D eigenvalue weighted by Gasteiger charge is 2.41. The summed E-state index contributed by atoms with van der Waals surface area (Å²) in [5.41, 5.74) is -0.158. The number of hydrogen-bond acceptors (Lipinski definition) is 3.